The van der Waals surface area contributed by atoms with Crippen molar-refractivity contribution in [1.82, 2.24) is 10.2 Å². The van der Waals surface area contributed by atoms with E-state index < -0.39 is 0 Å². The Morgan fingerprint density at radius 1 is 1.27 bits per heavy atom. The third-order valence-electron chi connectivity index (χ3n) is 3.28. The molecule has 3 nitrogen and oxygen atoms in total. The molecule has 0 spiro atoms. The highest BCUT2D eigenvalue weighted by Gasteiger charge is 2.19. The average Bonchev–Trinajstić information content (AvgIpc) is 2.81. The predicted molar refractivity (Wildman–Crippen MR) is 64.3 cm³/mol. The lowest BCUT2D eigenvalue weighted by Gasteiger charge is -2.23. The monoisotopic (exact) mass is 228 g/mol. The Kier molecular flexibility index (Phi) is 4.18. The van der Waals surface area contributed by atoms with Crippen LogP contribution in [0, 0.1) is 5.92 Å². The van der Waals surface area contributed by atoms with Crippen molar-refractivity contribution in [2.45, 2.75) is 25.7 Å². The van der Waals surface area contributed by atoms with E-state index in [9.17, 15) is 4.79 Å². The summed E-state index contributed by atoms with van der Waals surface area (Å²) in [6, 6.07) is 0.158. The molecule has 0 aliphatic carbocycles. The second-order valence-electron chi connectivity index (χ2n) is 4.44. The summed E-state index contributed by atoms with van der Waals surface area (Å²) < 4.78 is 0. The van der Waals surface area contributed by atoms with Gasteiger partial charge in [-0.2, -0.15) is 11.8 Å². The molecule has 2 amide bonds. The van der Waals surface area contributed by atoms with Crippen molar-refractivity contribution in [3.8, 4) is 0 Å². The molecule has 2 saturated heterocycles. The number of likely N-dealkylation sites (tertiary alicyclic amines) is 1. The molecule has 0 aromatic rings. The molecule has 2 rings (SSSR count). The SMILES string of the molecule is O=C(NCC1CCSCC1)N1CCCC1. The Hall–Kier alpha value is -0.380. The van der Waals surface area contributed by atoms with Crippen molar-refractivity contribution in [2.75, 3.05) is 31.1 Å². The van der Waals surface area contributed by atoms with Crippen LogP contribution in [0.25, 0.3) is 0 Å². The van der Waals surface area contributed by atoms with E-state index in [0.717, 1.165) is 25.6 Å². The molecule has 0 bridgehead atoms. The van der Waals surface area contributed by atoms with Crippen molar-refractivity contribution in [2.24, 2.45) is 5.92 Å². The first-order valence-corrected chi connectivity index (χ1v) is 7.12. The van der Waals surface area contributed by atoms with E-state index in [0.29, 0.717) is 0 Å². The van der Waals surface area contributed by atoms with Gasteiger partial charge in [-0.1, -0.05) is 0 Å². The van der Waals surface area contributed by atoms with Gasteiger partial charge in [0.15, 0.2) is 0 Å². The molecule has 0 aromatic heterocycles. The Bertz CT molecular complexity index is 211. The molecule has 0 atom stereocenters. The van der Waals surface area contributed by atoms with Gasteiger partial charge in [-0.3, -0.25) is 0 Å². The lowest BCUT2D eigenvalue weighted by atomic mass is 10.0. The van der Waals surface area contributed by atoms with Gasteiger partial charge in [-0.05, 0) is 43.1 Å². The van der Waals surface area contributed by atoms with Crippen molar-refractivity contribution in [1.29, 1.82) is 0 Å². The van der Waals surface area contributed by atoms with Crippen LogP contribution in [0.1, 0.15) is 25.7 Å². The molecule has 4 heteroatoms. The quantitative estimate of drug-likeness (QED) is 0.783. The van der Waals surface area contributed by atoms with Gasteiger partial charge in [0.2, 0.25) is 0 Å². The first-order chi connectivity index (χ1) is 7.36. The highest BCUT2D eigenvalue weighted by Crippen LogP contribution is 2.21. The summed E-state index contributed by atoms with van der Waals surface area (Å²) in [5.74, 6) is 3.26. The summed E-state index contributed by atoms with van der Waals surface area (Å²) in [4.78, 5) is 13.6. The first-order valence-electron chi connectivity index (χ1n) is 5.97. The molecule has 86 valence electrons. The predicted octanol–water partition coefficient (Wildman–Crippen LogP) is 1.94. The van der Waals surface area contributed by atoms with E-state index in [2.05, 4.69) is 5.32 Å². The van der Waals surface area contributed by atoms with Gasteiger partial charge >= 0.3 is 6.03 Å². The molecule has 2 heterocycles. The molecular weight excluding hydrogens is 208 g/mol. The lowest BCUT2D eigenvalue weighted by molar-refractivity contribution is 0.206. The summed E-state index contributed by atoms with van der Waals surface area (Å²) in [7, 11) is 0. The maximum atomic E-state index is 11.7. The molecule has 0 radical (unpaired) electrons. The molecule has 2 aliphatic heterocycles. The number of hydrogen-bond donors (Lipinski definition) is 1. The standard InChI is InChI=1S/C11H20N2OS/c14-11(13-5-1-2-6-13)12-9-10-3-7-15-8-4-10/h10H,1-9H2,(H,12,14). The lowest BCUT2D eigenvalue weighted by Crippen LogP contribution is -2.40. The summed E-state index contributed by atoms with van der Waals surface area (Å²) in [6.07, 6.45) is 4.89. The minimum Gasteiger partial charge on any atom is -0.338 e. The molecule has 15 heavy (non-hydrogen) atoms. The van der Waals surface area contributed by atoms with Gasteiger partial charge in [-0.25, -0.2) is 4.79 Å². The summed E-state index contributed by atoms with van der Waals surface area (Å²) in [5, 5.41) is 3.07. The minimum absolute atomic E-state index is 0.158. The molecule has 0 aromatic carbocycles. The topological polar surface area (TPSA) is 32.3 Å². The van der Waals surface area contributed by atoms with Gasteiger partial charge in [0, 0.05) is 19.6 Å². The summed E-state index contributed by atoms with van der Waals surface area (Å²) in [5.41, 5.74) is 0. The van der Waals surface area contributed by atoms with Crippen molar-refractivity contribution >= 4 is 17.8 Å². The summed E-state index contributed by atoms with van der Waals surface area (Å²) >= 11 is 2.04. The fraction of sp³-hybridized carbons (Fsp3) is 0.909. The number of rotatable bonds is 2. The maximum Gasteiger partial charge on any atom is 0.317 e. The van der Waals surface area contributed by atoms with Gasteiger partial charge in [0.05, 0.1) is 0 Å². The molecule has 0 unspecified atom stereocenters. The fourth-order valence-corrected chi connectivity index (χ4v) is 3.42. The van der Waals surface area contributed by atoms with Gasteiger partial charge in [-0.15, -0.1) is 0 Å². The van der Waals surface area contributed by atoms with Crippen LogP contribution in [-0.2, 0) is 0 Å². The van der Waals surface area contributed by atoms with Crippen LogP contribution in [0.3, 0.4) is 0 Å². The number of amides is 2. The third kappa shape index (κ3) is 3.30. The Balaban J connectivity index is 1.65. The maximum absolute atomic E-state index is 11.7. The second kappa shape index (κ2) is 5.64. The zero-order valence-electron chi connectivity index (χ0n) is 9.21. The van der Waals surface area contributed by atoms with E-state index in [1.807, 2.05) is 16.7 Å². The highest BCUT2D eigenvalue weighted by molar-refractivity contribution is 7.99. The fourth-order valence-electron chi connectivity index (χ4n) is 2.21. The van der Waals surface area contributed by atoms with Crippen LogP contribution in [0.2, 0.25) is 0 Å². The minimum atomic E-state index is 0.158. The van der Waals surface area contributed by atoms with Gasteiger partial charge < -0.3 is 10.2 Å². The molecule has 1 N–H and O–H groups in total. The molecule has 2 aliphatic rings. The molecule has 2 fully saturated rings. The Morgan fingerprint density at radius 2 is 1.93 bits per heavy atom. The average molecular weight is 228 g/mol. The van der Waals surface area contributed by atoms with Crippen LogP contribution in [0.5, 0.6) is 0 Å². The van der Waals surface area contributed by atoms with Crippen molar-refractivity contribution < 1.29 is 4.79 Å². The zero-order valence-corrected chi connectivity index (χ0v) is 10.0. The molecular formula is C11H20N2OS. The van der Waals surface area contributed by atoms with Gasteiger partial charge in [0.1, 0.15) is 0 Å². The number of nitrogens with zero attached hydrogens (tertiary/aromatic N) is 1. The number of thioether (sulfide) groups is 1. The second-order valence-corrected chi connectivity index (χ2v) is 5.66. The summed E-state index contributed by atoms with van der Waals surface area (Å²) in [6.45, 7) is 2.79. The van der Waals surface area contributed by atoms with E-state index in [4.69, 9.17) is 0 Å². The van der Waals surface area contributed by atoms with E-state index in [1.165, 1.54) is 37.2 Å². The Labute approximate surface area is 96.0 Å². The largest absolute Gasteiger partial charge is 0.338 e. The third-order valence-corrected chi connectivity index (χ3v) is 4.32. The van der Waals surface area contributed by atoms with Crippen LogP contribution in [-0.4, -0.2) is 42.1 Å². The van der Waals surface area contributed by atoms with E-state index >= 15 is 0 Å². The number of carbonyl (C=O) groups is 1. The van der Waals surface area contributed by atoms with Crippen LogP contribution in [0.15, 0.2) is 0 Å². The van der Waals surface area contributed by atoms with E-state index in [1.54, 1.807) is 0 Å². The number of nitrogens with one attached hydrogen (secondary N) is 1. The molecule has 0 saturated carbocycles. The van der Waals surface area contributed by atoms with E-state index in [-0.39, 0.29) is 6.03 Å². The number of carbonyl (C=O) groups excluding carboxylic acids is 1. The number of urea groups is 1. The van der Waals surface area contributed by atoms with Crippen LogP contribution < -0.4 is 5.32 Å². The highest BCUT2D eigenvalue weighted by atomic mass is 32.2. The van der Waals surface area contributed by atoms with Crippen molar-refractivity contribution in [3.63, 3.8) is 0 Å². The van der Waals surface area contributed by atoms with Crippen LogP contribution in [0.4, 0.5) is 4.79 Å². The first kappa shape index (κ1) is 11.1. The van der Waals surface area contributed by atoms with Crippen molar-refractivity contribution in [3.05, 3.63) is 0 Å². The van der Waals surface area contributed by atoms with Crippen LogP contribution >= 0.6 is 11.8 Å². The normalized spacial score (nSPS) is 23.1. The zero-order chi connectivity index (χ0) is 10.5. The smallest absolute Gasteiger partial charge is 0.317 e. The number of hydrogen-bond acceptors (Lipinski definition) is 2. The Morgan fingerprint density at radius 3 is 2.60 bits per heavy atom. The van der Waals surface area contributed by atoms with Gasteiger partial charge in [0.25, 0.3) is 0 Å².